The lowest BCUT2D eigenvalue weighted by atomic mass is 9.53. The summed E-state index contributed by atoms with van der Waals surface area (Å²) in [5.74, 6) is 0.366. The highest BCUT2D eigenvalue weighted by molar-refractivity contribution is 5.68. The molecule has 0 aromatic carbocycles. The zero-order chi connectivity index (χ0) is 9.35. The molecule has 12 heavy (non-hydrogen) atoms. The molecule has 3 heteroatoms. The van der Waals surface area contributed by atoms with E-state index in [2.05, 4.69) is 13.8 Å². The van der Waals surface area contributed by atoms with Crippen LogP contribution in [0.5, 0.6) is 0 Å². The van der Waals surface area contributed by atoms with Crippen molar-refractivity contribution in [1.82, 2.24) is 0 Å². The van der Waals surface area contributed by atoms with Gasteiger partial charge in [0.15, 0.2) is 0 Å². The van der Waals surface area contributed by atoms with Gasteiger partial charge in [0.2, 0.25) is 0 Å². The standard InChI is InChI=1S/C9H17NO2/c1-6-3-9(5-10,7(6)2)4-8(11)12/h6-7H,3-5,10H2,1-2H3,(H,11,12)/t6-,7-,9-/m1/s1. The Hall–Kier alpha value is -0.570. The summed E-state index contributed by atoms with van der Waals surface area (Å²) in [4.78, 5) is 10.6. The van der Waals surface area contributed by atoms with Crippen LogP contribution in [0.25, 0.3) is 0 Å². The molecule has 3 atom stereocenters. The minimum atomic E-state index is -0.723. The summed E-state index contributed by atoms with van der Waals surface area (Å²) in [5, 5.41) is 8.69. The molecule has 0 bridgehead atoms. The van der Waals surface area contributed by atoms with Crippen LogP contribution in [0.3, 0.4) is 0 Å². The fraction of sp³-hybridized carbons (Fsp3) is 0.889. The molecule has 1 aliphatic carbocycles. The zero-order valence-corrected chi connectivity index (χ0v) is 7.71. The van der Waals surface area contributed by atoms with E-state index in [1.165, 1.54) is 0 Å². The summed E-state index contributed by atoms with van der Waals surface area (Å²) < 4.78 is 0. The fourth-order valence-electron chi connectivity index (χ4n) is 2.32. The summed E-state index contributed by atoms with van der Waals surface area (Å²) in [6.07, 6.45) is 1.20. The highest BCUT2D eigenvalue weighted by Gasteiger charge is 2.49. The molecule has 0 amide bonds. The Bertz CT molecular complexity index is 193. The number of hydrogen-bond acceptors (Lipinski definition) is 2. The SMILES string of the molecule is C[C@@H]1C[C@](CN)(CC(=O)O)[C@@H]1C. The van der Waals surface area contributed by atoms with E-state index in [-0.39, 0.29) is 11.8 Å². The molecule has 0 radical (unpaired) electrons. The van der Waals surface area contributed by atoms with Crippen LogP contribution in [0.15, 0.2) is 0 Å². The van der Waals surface area contributed by atoms with Gasteiger partial charge >= 0.3 is 5.97 Å². The van der Waals surface area contributed by atoms with Crippen molar-refractivity contribution in [3.63, 3.8) is 0 Å². The highest BCUT2D eigenvalue weighted by Crippen LogP contribution is 2.52. The smallest absolute Gasteiger partial charge is 0.303 e. The van der Waals surface area contributed by atoms with E-state index in [0.717, 1.165) is 6.42 Å². The van der Waals surface area contributed by atoms with E-state index in [1.54, 1.807) is 0 Å². The molecule has 1 aliphatic rings. The maximum Gasteiger partial charge on any atom is 0.303 e. The summed E-state index contributed by atoms with van der Waals surface area (Å²) >= 11 is 0. The molecule has 0 heterocycles. The Morgan fingerprint density at radius 1 is 1.67 bits per heavy atom. The molecule has 1 saturated carbocycles. The summed E-state index contributed by atoms with van der Waals surface area (Å²) in [6, 6.07) is 0. The van der Waals surface area contributed by atoms with E-state index in [4.69, 9.17) is 10.8 Å². The Morgan fingerprint density at radius 2 is 2.25 bits per heavy atom. The van der Waals surface area contributed by atoms with Crippen molar-refractivity contribution in [3.8, 4) is 0 Å². The molecule has 1 fully saturated rings. The van der Waals surface area contributed by atoms with Crippen LogP contribution in [0.1, 0.15) is 26.7 Å². The molecule has 0 spiro atoms. The zero-order valence-electron chi connectivity index (χ0n) is 7.71. The normalized spacial score (nSPS) is 40.6. The van der Waals surface area contributed by atoms with Gasteiger partial charge in [-0.25, -0.2) is 0 Å². The Morgan fingerprint density at radius 3 is 2.50 bits per heavy atom. The minimum Gasteiger partial charge on any atom is -0.481 e. The molecule has 3 nitrogen and oxygen atoms in total. The molecule has 1 rings (SSSR count). The maximum atomic E-state index is 10.6. The first-order chi connectivity index (χ1) is 5.52. The van der Waals surface area contributed by atoms with Gasteiger partial charge in [-0.15, -0.1) is 0 Å². The lowest BCUT2D eigenvalue weighted by Gasteiger charge is -2.52. The third-order valence-electron chi connectivity index (χ3n) is 3.46. The predicted molar refractivity (Wildman–Crippen MR) is 46.7 cm³/mol. The van der Waals surface area contributed by atoms with Crippen LogP contribution in [-0.2, 0) is 4.79 Å². The Balaban J connectivity index is 2.60. The maximum absolute atomic E-state index is 10.6. The van der Waals surface area contributed by atoms with Crippen LogP contribution in [-0.4, -0.2) is 17.6 Å². The summed E-state index contributed by atoms with van der Waals surface area (Å²) in [5.41, 5.74) is 5.50. The lowest BCUT2D eigenvalue weighted by Crippen LogP contribution is -2.51. The molecule has 3 N–H and O–H groups in total. The number of rotatable bonds is 3. The van der Waals surface area contributed by atoms with Gasteiger partial charge in [0.25, 0.3) is 0 Å². The monoisotopic (exact) mass is 171 g/mol. The van der Waals surface area contributed by atoms with Gasteiger partial charge in [-0.2, -0.15) is 0 Å². The fourth-order valence-corrected chi connectivity index (χ4v) is 2.32. The number of carboxylic acid groups (broad SMARTS) is 1. The molecule has 0 unspecified atom stereocenters. The molecular weight excluding hydrogens is 154 g/mol. The third kappa shape index (κ3) is 1.33. The topological polar surface area (TPSA) is 63.3 Å². The Kier molecular flexibility index (Phi) is 2.42. The van der Waals surface area contributed by atoms with Gasteiger partial charge in [-0.05, 0) is 30.2 Å². The summed E-state index contributed by atoms with van der Waals surface area (Å²) in [7, 11) is 0. The lowest BCUT2D eigenvalue weighted by molar-refractivity contribution is -0.145. The van der Waals surface area contributed by atoms with Gasteiger partial charge in [-0.1, -0.05) is 13.8 Å². The van der Waals surface area contributed by atoms with Crippen molar-refractivity contribution in [3.05, 3.63) is 0 Å². The van der Waals surface area contributed by atoms with Gasteiger partial charge in [-0.3, -0.25) is 4.79 Å². The van der Waals surface area contributed by atoms with E-state index >= 15 is 0 Å². The van der Waals surface area contributed by atoms with Crippen LogP contribution in [0.4, 0.5) is 0 Å². The second-order valence-electron chi connectivity index (χ2n) is 4.11. The van der Waals surface area contributed by atoms with Crippen LogP contribution >= 0.6 is 0 Å². The average Bonchev–Trinajstić information content (AvgIpc) is 2.02. The van der Waals surface area contributed by atoms with Crippen molar-refractivity contribution in [2.45, 2.75) is 26.7 Å². The van der Waals surface area contributed by atoms with E-state index in [0.29, 0.717) is 18.4 Å². The first kappa shape index (κ1) is 9.52. The molecule has 0 saturated heterocycles. The first-order valence-corrected chi connectivity index (χ1v) is 4.44. The molecule has 0 aromatic heterocycles. The first-order valence-electron chi connectivity index (χ1n) is 4.44. The molecular formula is C9H17NO2. The van der Waals surface area contributed by atoms with E-state index in [1.807, 2.05) is 0 Å². The van der Waals surface area contributed by atoms with E-state index in [9.17, 15) is 4.79 Å². The van der Waals surface area contributed by atoms with Crippen LogP contribution in [0, 0.1) is 17.3 Å². The predicted octanol–water partition coefficient (Wildman–Crippen LogP) is 1.08. The van der Waals surface area contributed by atoms with Crippen molar-refractivity contribution < 1.29 is 9.90 Å². The quantitative estimate of drug-likeness (QED) is 0.668. The van der Waals surface area contributed by atoms with Gasteiger partial charge in [0, 0.05) is 0 Å². The molecule has 0 aliphatic heterocycles. The number of carbonyl (C=O) groups is 1. The molecule has 70 valence electrons. The largest absolute Gasteiger partial charge is 0.481 e. The van der Waals surface area contributed by atoms with Crippen molar-refractivity contribution in [2.75, 3.05) is 6.54 Å². The van der Waals surface area contributed by atoms with Crippen LogP contribution < -0.4 is 5.73 Å². The second-order valence-corrected chi connectivity index (χ2v) is 4.11. The van der Waals surface area contributed by atoms with Gasteiger partial charge in [0.05, 0.1) is 6.42 Å². The van der Waals surface area contributed by atoms with E-state index < -0.39 is 5.97 Å². The number of hydrogen-bond donors (Lipinski definition) is 2. The van der Waals surface area contributed by atoms with Crippen LogP contribution in [0.2, 0.25) is 0 Å². The Labute approximate surface area is 72.9 Å². The highest BCUT2D eigenvalue weighted by atomic mass is 16.4. The van der Waals surface area contributed by atoms with Crippen molar-refractivity contribution in [1.29, 1.82) is 0 Å². The summed E-state index contributed by atoms with van der Waals surface area (Å²) in [6.45, 7) is 4.76. The molecule has 0 aromatic rings. The minimum absolute atomic E-state index is 0.106. The van der Waals surface area contributed by atoms with Crippen molar-refractivity contribution in [2.24, 2.45) is 23.0 Å². The third-order valence-corrected chi connectivity index (χ3v) is 3.46. The van der Waals surface area contributed by atoms with Gasteiger partial charge < -0.3 is 10.8 Å². The van der Waals surface area contributed by atoms with Gasteiger partial charge in [0.1, 0.15) is 0 Å². The average molecular weight is 171 g/mol. The number of aliphatic carboxylic acids is 1. The number of carboxylic acids is 1. The second kappa shape index (κ2) is 3.05. The van der Waals surface area contributed by atoms with Crippen molar-refractivity contribution >= 4 is 5.97 Å². The number of nitrogens with two attached hydrogens (primary N) is 1.